The monoisotopic (exact) mass is 284 g/mol. The van der Waals surface area contributed by atoms with Crippen molar-refractivity contribution < 1.29 is 14.3 Å². The van der Waals surface area contributed by atoms with Crippen LogP contribution in [-0.2, 0) is 14.3 Å². The van der Waals surface area contributed by atoms with Gasteiger partial charge < -0.3 is 9.47 Å². The Kier molecular flexibility index (Phi) is 4.32. The lowest BCUT2D eigenvalue weighted by Gasteiger charge is -2.21. The van der Waals surface area contributed by atoms with E-state index in [1.807, 2.05) is 25.1 Å². The van der Waals surface area contributed by atoms with E-state index in [0.29, 0.717) is 0 Å². The number of fused-ring (bicyclic) bond motifs is 1. The molecule has 0 saturated carbocycles. The van der Waals surface area contributed by atoms with E-state index >= 15 is 0 Å². The summed E-state index contributed by atoms with van der Waals surface area (Å²) in [5.41, 5.74) is 1.03. The smallest absolute Gasteiger partial charge is 0.349 e. The van der Waals surface area contributed by atoms with Crippen LogP contribution in [0.15, 0.2) is 48.7 Å². The topological polar surface area (TPSA) is 35.5 Å². The summed E-state index contributed by atoms with van der Waals surface area (Å²) in [7, 11) is 1.35. The summed E-state index contributed by atoms with van der Waals surface area (Å²) in [5, 5.41) is 2.37. The van der Waals surface area contributed by atoms with Gasteiger partial charge in [0.05, 0.1) is 13.4 Å². The molecule has 0 saturated heterocycles. The largest absolute Gasteiger partial charge is 0.483 e. The molecule has 2 aromatic rings. The van der Waals surface area contributed by atoms with E-state index in [1.165, 1.54) is 17.9 Å². The minimum atomic E-state index is -0.993. The molecule has 0 amide bonds. The van der Waals surface area contributed by atoms with E-state index in [9.17, 15) is 4.79 Å². The highest BCUT2D eigenvalue weighted by Crippen LogP contribution is 2.22. The molecule has 0 atom stereocenters. The first-order valence-corrected chi connectivity index (χ1v) is 6.86. The summed E-state index contributed by atoms with van der Waals surface area (Å²) in [6.07, 6.45) is 1.61. The number of benzene rings is 2. The van der Waals surface area contributed by atoms with Crippen LogP contribution in [0.4, 0.5) is 0 Å². The number of esters is 1. The number of rotatable bonds is 4. The molecule has 2 aromatic carbocycles. The zero-order valence-corrected chi connectivity index (χ0v) is 12.8. The summed E-state index contributed by atoms with van der Waals surface area (Å²) < 4.78 is 10.3. The summed E-state index contributed by atoms with van der Waals surface area (Å²) in [4.78, 5) is 11.6. The van der Waals surface area contributed by atoms with Crippen molar-refractivity contribution in [2.45, 2.75) is 26.4 Å². The van der Waals surface area contributed by atoms with Crippen LogP contribution in [0.5, 0.6) is 0 Å². The lowest BCUT2D eigenvalue weighted by atomic mass is 10.0. The predicted molar refractivity (Wildman–Crippen MR) is 84.8 cm³/mol. The molecule has 0 unspecified atom stereocenters. The van der Waals surface area contributed by atoms with E-state index in [-0.39, 0.29) is 0 Å². The van der Waals surface area contributed by atoms with Gasteiger partial charge in [-0.3, -0.25) is 0 Å². The molecular weight excluding hydrogens is 264 g/mol. The van der Waals surface area contributed by atoms with Gasteiger partial charge in [-0.2, -0.15) is 0 Å². The van der Waals surface area contributed by atoms with Crippen molar-refractivity contribution in [2.75, 3.05) is 7.11 Å². The van der Waals surface area contributed by atoms with Gasteiger partial charge in [-0.25, -0.2) is 4.79 Å². The molecule has 3 nitrogen and oxygen atoms in total. The Morgan fingerprint density at radius 2 is 1.76 bits per heavy atom. The van der Waals surface area contributed by atoms with E-state index in [2.05, 4.69) is 24.3 Å². The van der Waals surface area contributed by atoms with Crippen LogP contribution in [0.2, 0.25) is 0 Å². The second kappa shape index (κ2) is 6.00. The van der Waals surface area contributed by atoms with Gasteiger partial charge in [0.15, 0.2) is 5.60 Å². The molecule has 110 valence electrons. The average molecular weight is 284 g/mol. The molecule has 21 heavy (non-hydrogen) atoms. The molecule has 0 heterocycles. The number of carbonyl (C=O) groups is 1. The molecule has 3 heteroatoms. The van der Waals surface area contributed by atoms with Crippen LogP contribution in [0.1, 0.15) is 26.3 Å². The van der Waals surface area contributed by atoms with Crippen molar-refractivity contribution in [2.24, 2.45) is 0 Å². The average Bonchev–Trinajstić information content (AvgIpc) is 2.51. The molecular formula is C18H20O3. The van der Waals surface area contributed by atoms with Gasteiger partial charge >= 0.3 is 5.97 Å². The number of hydrogen-bond acceptors (Lipinski definition) is 3. The Bertz CT molecular complexity index is 684. The summed E-state index contributed by atoms with van der Waals surface area (Å²) >= 11 is 0. The molecule has 0 aliphatic carbocycles. The van der Waals surface area contributed by atoms with Gasteiger partial charge in [0.2, 0.25) is 0 Å². The third-order valence-electron chi connectivity index (χ3n) is 3.41. The summed E-state index contributed by atoms with van der Waals surface area (Å²) in [6.45, 7) is 5.32. The molecule has 0 bridgehead atoms. The number of ether oxygens (including phenoxy) is 2. The highest BCUT2D eigenvalue weighted by Gasteiger charge is 2.29. The maximum absolute atomic E-state index is 11.6. The molecule has 0 fully saturated rings. The fourth-order valence-corrected chi connectivity index (χ4v) is 2.03. The predicted octanol–water partition coefficient (Wildman–Crippen LogP) is 4.17. The first kappa shape index (κ1) is 15.1. The third kappa shape index (κ3) is 3.43. The second-order valence-electron chi connectivity index (χ2n) is 5.48. The molecule has 0 aromatic heterocycles. The summed E-state index contributed by atoms with van der Waals surface area (Å²) in [5.74, 6) is -0.398. The fourth-order valence-electron chi connectivity index (χ4n) is 2.03. The number of hydrogen-bond donors (Lipinski definition) is 0. The van der Waals surface area contributed by atoms with Gasteiger partial charge in [0.25, 0.3) is 0 Å². The van der Waals surface area contributed by atoms with Crippen molar-refractivity contribution in [1.82, 2.24) is 0 Å². The third-order valence-corrected chi connectivity index (χ3v) is 3.41. The Hall–Kier alpha value is -2.29. The number of methoxy groups -OCH3 is 1. The van der Waals surface area contributed by atoms with Crippen molar-refractivity contribution in [3.8, 4) is 0 Å². The first-order valence-electron chi connectivity index (χ1n) is 6.86. The molecule has 0 aliphatic heterocycles. The van der Waals surface area contributed by atoms with E-state index in [1.54, 1.807) is 20.1 Å². The normalized spacial score (nSPS) is 12.3. The first-order chi connectivity index (χ1) is 9.94. The molecule has 0 N–H and O–H groups in total. The van der Waals surface area contributed by atoms with Gasteiger partial charge in [-0.15, -0.1) is 0 Å². The van der Waals surface area contributed by atoms with Gasteiger partial charge in [-0.05, 0) is 48.7 Å². The molecule has 0 spiro atoms. The molecule has 0 radical (unpaired) electrons. The van der Waals surface area contributed by atoms with Crippen LogP contribution in [0.3, 0.4) is 0 Å². The Morgan fingerprint density at radius 3 is 2.43 bits per heavy atom. The number of allylic oxidation sites excluding steroid dienone is 1. The van der Waals surface area contributed by atoms with E-state index < -0.39 is 11.6 Å². The maximum atomic E-state index is 11.6. The highest BCUT2D eigenvalue weighted by atomic mass is 16.6. The van der Waals surface area contributed by atoms with Gasteiger partial charge in [0, 0.05) is 0 Å². The van der Waals surface area contributed by atoms with Gasteiger partial charge in [0.1, 0.15) is 0 Å². The van der Waals surface area contributed by atoms with Crippen LogP contribution >= 0.6 is 0 Å². The fraction of sp³-hybridized carbons (Fsp3) is 0.278. The Balaban J connectivity index is 2.23. The highest BCUT2D eigenvalue weighted by molar-refractivity contribution is 5.86. The van der Waals surface area contributed by atoms with Gasteiger partial charge in [-0.1, -0.05) is 36.4 Å². The van der Waals surface area contributed by atoms with E-state index in [0.717, 1.165) is 11.1 Å². The lowest BCUT2D eigenvalue weighted by Crippen LogP contribution is -2.34. The second-order valence-corrected chi connectivity index (χ2v) is 5.48. The van der Waals surface area contributed by atoms with Crippen molar-refractivity contribution in [3.63, 3.8) is 0 Å². The Labute approximate surface area is 125 Å². The summed E-state index contributed by atoms with van der Waals surface area (Å²) in [6, 6.07) is 14.4. The minimum absolute atomic E-state index is 0.398. The van der Waals surface area contributed by atoms with Crippen molar-refractivity contribution >= 4 is 22.3 Å². The van der Waals surface area contributed by atoms with Crippen LogP contribution in [-0.4, -0.2) is 18.7 Å². The molecule has 0 aliphatic rings. The SMILES string of the molecule is COC(=O)C(C)(C)OC=C(C)c1ccc2ccccc2c1. The van der Waals surface area contributed by atoms with Crippen LogP contribution in [0, 0.1) is 0 Å². The number of carbonyl (C=O) groups excluding carboxylic acids is 1. The minimum Gasteiger partial charge on any atom is -0.483 e. The lowest BCUT2D eigenvalue weighted by molar-refractivity contribution is -0.159. The molecule has 2 rings (SSSR count). The maximum Gasteiger partial charge on any atom is 0.349 e. The van der Waals surface area contributed by atoms with Crippen molar-refractivity contribution in [3.05, 3.63) is 54.3 Å². The quantitative estimate of drug-likeness (QED) is 0.624. The zero-order valence-electron chi connectivity index (χ0n) is 12.8. The van der Waals surface area contributed by atoms with E-state index in [4.69, 9.17) is 9.47 Å². The van der Waals surface area contributed by atoms with Crippen molar-refractivity contribution in [1.29, 1.82) is 0 Å². The standard InChI is InChI=1S/C18H20O3/c1-13(12-21-18(2,3)17(19)20-4)15-10-9-14-7-5-6-8-16(14)11-15/h5-12H,1-4H3. The van der Waals surface area contributed by atoms with Crippen LogP contribution in [0.25, 0.3) is 16.3 Å². The van der Waals surface area contributed by atoms with Crippen LogP contribution < -0.4 is 0 Å². The Morgan fingerprint density at radius 1 is 1.10 bits per heavy atom. The zero-order chi connectivity index (χ0) is 15.5.